The van der Waals surface area contributed by atoms with E-state index in [9.17, 15) is 4.21 Å². The zero-order valence-electron chi connectivity index (χ0n) is 18.0. The molecule has 1 unspecified atom stereocenters. The van der Waals surface area contributed by atoms with Crippen molar-refractivity contribution in [2.75, 3.05) is 7.11 Å². The molecule has 4 nitrogen and oxygen atoms in total. The predicted molar refractivity (Wildman–Crippen MR) is 127 cm³/mol. The number of methoxy groups -OCH3 is 1. The summed E-state index contributed by atoms with van der Waals surface area (Å²) in [6.45, 7) is 2.09. The molecule has 0 saturated carbocycles. The van der Waals surface area contributed by atoms with Gasteiger partial charge in [-0.25, -0.2) is 4.21 Å². The molecule has 0 N–H and O–H groups in total. The average molecular weight is 445 g/mol. The van der Waals surface area contributed by atoms with E-state index in [-0.39, 0.29) is 0 Å². The third kappa shape index (κ3) is 5.77. The smallest absolute Gasteiger partial charge is 0.240 e. The van der Waals surface area contributed by atoms with Crippen LogP contribution in [0.4, 0.5) is 0 Å². The van der Waals surface area contributed by atoms with Gasteiger partial charge in [0, 0.05) is 0 Å². The zero-order valence-corrected chi connectivity index (χ0v) is 18.8. The fourth-order valence-electron chi connectivity index (χ4n) is 3.14. The van der Waals surface area contributed by atoms with Gasteiger partial charge in [0.2, 0.25) is 11.1 Å². The van der Waals surface area contributed by atoms with Crippen LogP contribution in [-0.4, -0.2) is 11.3 Å². The third-order valence-corrected chi connectivity index (χ3v) is 5.94. The Morgan fingerprint density at radius 1 is 0.625 bits per heavy atom. The van der Waals surface area contributed by atoms with Crippen LogP contribution in [0.1, 0.15) is 16.7 Å². The van der Waals surface area contributed by atoms with Crippen LogP contribution in [0.15, 0.2) is 102 Å². The second-order valence-corrected chi connectivity index (χ2v) is 8.48. The summed E-state index contributed by atoms with van der Waals surface area (Å²) in [6, 6.07) is 30.7. The molecular weight excluding hydrogens is 420 g/mol. The van der Waals surface area contributed by atoms with Crippen LogP contribution in [0.5, 0.6) is 23.0 Å². The lowest BCUT2D eigenvalue weighted by Gasteiger charge is -2.09. The van der Waals surface area contributed by atoms with Gasteiger partial charge in [0.1, 0.15) is 23.0 Å². The predicted octanol–water partition coefficient (Wildman–Crippen LogP) is 6.49. The van der Waals surface area contributed by atoms with Crippen LogP contribution in [-0.2, 0) is 17.5 Å². The fraction of sp³-hybridized carbons (Fsp3) is 0.111. The van der Waals surface area contributed by atoms with Gasteiger partial charge in [-0.3, -0.25) is 0 Å². The minimum Gasteiger partial charge on any atom is -0.497 e. The molecule has 5 heteroatoms. The molecule has 0 spiro atoms. The van der Waals surface area contributed by atoms with Crippen LogP contribution in [0.25, 0.3) is 0 Å². The lowest BCUT2D eigenvalue weighted by atomic mass is 10.0. The normalized spacial score (nSPS) is 11.6. The molecule has 0 radical (unpaired) electrons. The van der Waals surface area contributed by atoms with Gasteiger partial charge in [-0.2, -0.15) is 0 Å². The first-order chi connectivity index (χ1) is 15.6. The van der Waals surface area contributed by atoms with Crippen LogP contribution in [0.3, 0.4) is 0 Å². The van der Waals surface area contributed by atoms with Crippen molar-refractivity contribution in [1.82, 2.24) is 0 Å². The first kappa shape index (κ1) is 21.7. The molecule has 0 saturated heterocycles. The van der Waals surface area contributed by atoms with Gasteiger partial charge in [0.25, 0.3) is 0 Å². The summed E-state index contributed by atoms with van der Waals surface area (Å²) in [6.07, 6.45) is 0.887. The van der Waals surface area contributed by atoms with Crippen molar-refractivity contribution in [3.8, 4) is 23.0 Å². The van der Waals surface area contributed by atoms with E-state index in [0.717, 1.165) is 12.2 Å². The van der Waals surface area contributed by atoms with Gasteiger partial charge in [-0.05, 0) is 85.1 Å². The SMILES string of the molecule is COc1ccc(S(=O)Oc2ccc(Oc3ccc(Cc4ccc(C)cc4)cc3)cc2)cc1. The van der Waals surface area contributed by atoms with Gasteiger partial charge in [-0.1, -0.05) is 42.0 Å². The second kappa shape index (κ2) is 10.2. The number of hydrogen-bond donors (Lipinski definition) is 0. The highest BCUT2D eigenvalue weighted by Crippen LogP contribution is 2.26. The largest absolute Gasteiger partial charge is 0.497 e. The Kier molecular flexibility index (Phi) is 6.87. The van der Waals surface area contributed by atoms with Crippen molar-refractivity contribution in [3.63, 3.8) is 0 Å². The molecule has 0 aromatic heterocycles. The molecule has 162 valence electrons. The van der Waals surface area contributed by atoms with Gasteiger partial charge >= 0.3 is 0 Å². The summed E-state index contributed by atoms with van der Waals surface area (Å²) >= 11 is -1.61. The van der Waals surface area contributed by atoms with E-state index < -0.39 is 11.1 Å². The lowest BCUT2D eigenvalue weighted by molar-refractivity contribution is 0.414. The van der Waals surface area contributed by atoms with Crippen molar-refractivity contribution in [3.05, 3.63) is 114 Å². The molecule has 0 amide bonds. The van der Waals surface area contributed by atoms with Crippen LogP contribution < -0.4 is 13.7 Å². The van der Waals surface area contributed by atoms with E-state index in [1.165, 1.54) is 16.7 Å². The number of aryl methyl sites for hydroxylation is 1. The van der Waals surface area contributed by atoms with E-state index in [0.29, 0.717) is 22.1 Å². The van der Waals surface area contributed by atoms with Crippen LogP contribution >= 0.6 is 0 Å². The van der Waals surface area contributed by atoms with Crippen LogP contribution in [0, 0.1) is 6.92 Å². The van der Waals surface area contributed by atoms with E-state index in [2.05, 4.69) is 43.3 Å². The molecule has 4 rings (SSSR count). The van der Waals surface area contributed by atoms with E-state index >= 15 is 0 Å². The van der Waals surface area contributed by atoms with Gasteiger partial charge in [0.15, 0.2) is 0 Å². The molecule has 0 aliphatic rings. The Balaban J connectivity index is 1.33. The maximum atomic E-state index is 12.4. The number of benzene rings is 4. The minimum atomic E-state index is -1.61. The summed E-state index contributed by atoms with van der Waals surface area (Å²) in [4.78, 5) is 0.567. The highest BCUT2D eigenvalue weighted by molar-refractivity contribution is 7.80. The number of rotatable bonds is 8. The van der Waals surface area contributed by atoms with Crippen molar-refractivity contribution in [1.29, 1.82) is 0 Å². The molecule has 0 heterocycles. The Labute approximate surface area is 191 Å². The summed E-state index contributed by atoms with van der Waals surface area (Å²) in [5.74, 6) is 2.64. The van der Waals surface area contributed by atoms with Gasteiger partial charge in [-0.15, -0.1) is 0 Å². The minimum absolute atomic E-state index is 0.500. The van der Waals surface area contributed by atoms with E-state index in [1.807, 2.05) is 12.1 Å². The fourth-order valence-corrected chi connectivity index (χ4v) is 3.88. The van der Waals surface area contributed by atoms with Crippen LogP contribution in [0.2, 0.25) is 0 Å². The first-order valence-electron chi connectivity index (χ1n) is 10.3. The molecular formula is C27H24O4S. The lowest BCUT2D eigenvalue weighted by Crippen LogP contribution is -2.01. The van der Waals surface area contributed by atoms with E-state index in [1.54, 1.807) is 55.6 Å². The summed E-state index contributed by atoms with van der Waals surface area (Å²) in [5, 5.41) is 0. The van der Waals surface area contributed by atoms with Crippen molar-refractivity contribution in [2.24, 2.45) is 0 Å². The van der Waals surface area contributed by atoms with E-state index in [4.69, 9.17) is 13.7 Å². The maximum absolute atomic E-state index is 12.4. The summed E-state index contributed by atoms with van der Waals surface area (Å²) in [7, 11) is 1.59. The molecule has 0 aliphatic heterocycles. The van der Waals surface area contributed by atoms with Gasteiger partial charge in [0.05, 0.1) is 12.0 Å². The van der Waals surface area contributed by atoms with Gasteiger partial charge < -0.3 is 13.7 Å². The Morgan fingerprint density at radius 3 is 1.66 bits per heavy atom. The molecule has 32 heavy (non-hydrogen) atoms. The molecule has 0 aliphatic carbocycles. The second-order valence-electron chi connectivity index (χ2n) is 7.37. The monoisotopic (exact) mass is 444 g/mol. The summed E-state index contributed by atoms with van der Waals surface area (Å²) < 4.78 is 29.0. The Morgan fingerprint density at radius 2 is 1.09 bits per heavy atom. The van der Waals surface area contributed by atoms with Crippen molar-refractivity contribution >= 4 is 11.1 Å². The topological polar surface area (TPSA) is 44.8 Å². The highest BCUT2D eigenvalue weighted by Gasteiger charge is 2.08. The van der Waals surface area contributed by atoms with Crippen molar-refractivity contribution in [2.45, 2.75) is 18.2 Å². The standard InChI is InChI=1S/C27H24O4S/c1-20-3-5-21(6-4-20)19-22-7-9-24(10-8-22)30-25-11-13-26(14-12-25)31-32(28)27-17-15-23(29-2)16-18-27/h3-18H,19H2,1-2H3. The first-order valence-corrected chi connectivity index (χ1v) is 11.3. The average Bonchev–Trinajstić information content (AvgIpc) is 2.83. The number of ether oxygens (including phenoxy) is 2. The molecule has 4 aromatic rings. The zero-order chi connectivity index (χ0) is 22.3. The summed E-state index contributed by atoms with van der Waals surface area (Å²) in [5.41, 5.74) is 3.78. The number of hydrogen-bond acceptors (Lipinski definition) is 4. The molecule has 0 bridgehead atoms. The quantitative estimate of drug-likeness (QED) is 0.312. The molecule has 1 atom stereocenters. The Hall–Kier alpha value is -3.57. The Bertz CT molecular complexity index is 1170. The van der Waals surface area contributed by atoms with Crippen molar-refractivity contribution < 1.29 is 17.9 Å². The molecule has 0 fully saturated rings. The molecule has 4 aromatic carbocycles. The maximum Gasteiger partial charge on any atom is 0.240 e. The highest BCUT2D eigenvalue weighted by atomic mass is 32.2. The third-order valence-electron chi connectivity index (χ3n) is 4.94.